The number of aromatic nitrogens is 1. The van der Waals surface area contributed by atoms with Crippen LogP contribution in [0, 0.1) is 6.92 Å². The number of aryl methyl sites for hydroxylation is 1. The molecule has 0 radical (unpaired) electrons. The van der Waals surface area contributed by atoms with E-state index in [0.29, 0.717) is 22.8 Å². The summed E-state index contributed by atoms with van der Waals surface area (Å²) in [6, 6.07) is 9.24. The van der Waals surface area contributed by atoms with E-state index in [2.05, 4.69) is 15.6 Å². The predicted molar refractivity (Wildman–Crippen MR) is 114 cm³/mol. The summed E-state index contributed by atoms with van der Waals surface area (Å²) < 4.78 is 27.0. The van der Waals surface area contributed by atoms with Crippen LogP contribution in [0.25, 0.3) is 0 Å². The summed E-state index contributed by atoms with van der Waals surface area (Å²) in [4.78, 5) is 43.0. The van der Waals surface area contributed by atoms with Crippen LogP contribution >= 0.6 is 0 Å². The summed E-state index contributed by atoms with van der Waals surface area (Å²) in [5.41, 5.74) is 6.80. The van der Waals surface area contributed by atoms with Gasteiger partial charge in [0.15, 0.2) is 11.6 Å². The van der Waals surface area contributed by atoms with E-state index in [9.17, 15) is 23.2 Å². The van der Waals surface area contributed by atoms with Crippen LogP contribution in [0.2, 0.25) is 0 Å². The number of Topliss-reactive ketones (excluding diaryl/α,β-unsaturated/α-hetero) is 1. The van der Waals surface area contributed by atoms with Gasteiger partial charge in [0.25, 0.3) is 5.91 Å². The van der Waals surface area contributed by atoms with Gasteiger partial charge in [0.2, 0.25) is 5.92 Å². The number of halogens is 2. The van der Waals surface area contributed by atoms with Crippen LogP contribution in [0.1, 0.15) is 41.7 Å². The summed E-state index contributed by atoms with van der Waals surface area (Å²) >= 11 is 0. The lowest BCUT2D eigenvalue weighted by molar-refractivity contribution is -0.135. The van der Waals surface area contributed by atoms with Gasteiger partial charge in [-0.3, -0.25) is 14.5 Å². The van der Waals surface area contributed by atoms with Gasteiger partial charge in [-0.15, -0.1) is 0 Å². The Balaban J connectivity index is 1.42. The van der Waals surface area contributed by atoms with Crippen molar-refractivity contribution in [3.63, 3.8) is 0 Å². The molecule has 0 bridgehead atoms. The van der Waals surface area contributed by atoms with Crippen LogP contribution in [-0.4, -0.2) is 45.6 Å². The van der Waals surface area contributed by atoms with E-state index >= 15 is 0 Å². The van der Waals surface area contributed by atoms with E-state index in [-0.39, 0.29) is 12.8 Å². The molecule has 1 saturated heterocycles. The Hall–Kier alpha value is -3.56. The zero-order chi connectivity index (χ0) is 23.1. The van der Waals surface area contributed by atoms with Crippen LogP contribution in [-0.2, 0) is 4.79 Å². The summed E-state index contributed by atoms with van der Waals surface area (Å²) in [7, 11) is 0. The Kier molecular flexibility index (Phi) is 5.31. The van der Waals surface area contributed by atoms with Gasteiger partial charge in [0.1, 0.15) is 5.54 Å². The second-order valence-corrected chi connectivity index (χ2v) is 8.28. The molecule has 2 fully saturated rings. The van der Waals surface area contributed by atoms with Crippen molar-refractivity contribution in [1.82, 2.24) is 15.2 Å². The first-order chi connectivity index (χ1) is 15.1. The molecular formula is C22H23F2N5O3. The highest BCUT2D eigenvalue weighted by Crippen LogP contribution is 2.41. The van der Waals surface area contributed by atoms with Crippen molar-refractivity contribution in [3.8, 4) is 0 Å². The van der Waals surface area contributed by atoms with E-state index in [1.54, 1.807) is 36.4 Å². The molecule has 1 spiro atoms. The van der Waals surface area contributed by atoms with Gasteiger partial charge in [0.05, 0.1) is 12.2 Å². The molecule has 168 valence electrons. The molecule has 1 aromatic carbocycles. The number of benzene rings is 1. The number of anilines is 3. The molecule has 2 aromatic rings. The zero-order valence-corrected chi connectivity index (χ0v) is 17.5. The SMILES string of the molecule is Cc1ccc(N)c(Nc2ccc(C(=O)CN3C(=O)NC4(CCC(F)(F)CC4)C3=O)cc2)n1. The van der Waals surface area contributed by atoms with E-state index < -0.39 is 48.6 Å². The van der Waals surface area contributed by atoms with Crippen molar-refractivity contribution >= 4 is 34.9 Å². The van der Waals surface area contributed by atoms with Crippen molar-refractivity contribution < 1.29 is 23.2 Å². The minimum absolute atomic E-state index is 0.147. The molecule has 3 amide bonds. The van der Waals surface area contributed by atoms with E-state index in [1.807, 2.05) is 6.92 Å². The summed E-state index contributed by atoms with van der Waals surface area (Å²) in [6.07, 6.45) is -1.25. The Labute approximate surface area is 183 Å². The number of carbonyl (C=O) groups is 3. The number of imide groups is 1. The lowest BCUT2D eigenvalue weighted by Crippen LogP contribution is -2.51. The third kappa shape index (κ3) is 4.12. The number of nitrogen functional groups attached to an aromatic ring is 1. The molecule has 10 heteroatoms. The number of nitrogens with one attached hydrogen (secondary N) is 2. The normalized spacial score (nSPS) is 19.2. The first-order valence-corrected chi connectivity index (χ1v) is 10.2. The fourth-order valence-electron chi connectivity index (χ4n) is 3.98. The van der Waals surface area contributed by atoms with Gasteiger partial charge < -0.3 is 16.4 Å². The fraction of sp³-hybridized carbons (Fsp3) is 0.364. The van der Waals surface area contributed by atoms with Gasteiger partial charge in [-0.05, 0) is 56.2 Å². The van der Waals surface area contributed by atoms with E-state index in [1.165, 1.54) is 0 Å². The highest BCUT2D eigenvalue weighted by molar-refractivity contribution is 6.11. The smallest absolute Gasteiger partial charge is 0.325 e. The van der Waals surface area contributed by atoms with Crippen LogP contribution in [0.3, 0.4) is 0 Å². The molecule has 1 aromatic heterocycles. The second-order valence-electron chi connectivity index (χ2n) is 8.28. The number of nitrogens with two attached hydrogens (primary N) is 1. The standard InChI is InChI=1S/C22H23F2N5O3/c1-13-2-7-16(25)18(26-13)27-15-5-3-14(4-6-15)17(30)12-29-19(31)21(28-20(29)32)8-10-22(23,24)11-9-21/h2-7H,8-12,25H2,1H3,(H,26,27)(H,28,32). The molecule has 0 atom stereocenters. The summed E-state index contributed by atoms with van der Waals surface area (Å²) in [5, 5.41) is 5.61. The second kappa shape index (κ2) is 7.85. The van der Waals surface area contributed by atoms with Gasteiger partial charge in [0, 0.05) is 29.8 Å². The molecule has 2 heterocycles. The lowest BCUT2D eigenvalue weighted by atomic mass is 9.80. The largest absolute Gasteiger partial charge is 0.396 e. The van der Waals surface area contributed by atoms with Crippen molar-refractivity contribution in [1.29, 1.82) is 0 Å². The third-order valence-corrected chi connectivity index (χ3v) is 5.92. The monoisotopic (exact) mass is 443 g/mol. The highest BCUT2D eigenvalue weighted by atomic mass is 19.3. The minimum Gasteiger partial charge on any atom is -0.396 e. The van der Waals surface area contributed by atoms with E-state index in [0.717, 1.165) is 10.6 Å². The quantitative estimate of drug-likeness (QED) is 0.482. The number of hydrogen-bond donors (Lipinski definition) is 3. The Morgan fingerprint density at radius 3 is 2.44 bits per heavy atom. The highest BCUT2D eigenvalue weighted by Gasteiger charge is 2.55. The Bertz CT molecular complexity index is 1080. The molecule has 8 nitrogen and oxygen atoms in total. The Morgan fingerprint density at radius 2 is 1.78 bits per heavy atom. The van der Waals surface area contributed by atoms with Crippen LogP contribution in [0.4, 0.5) is 30.8 Å². The first-order valence-electron chi connectivity index (χ1n) is 10.2. The van der Waals surface area contributed by atoms with Crippen molar-refractivity contribution in [2.75, 3.05) is 17.6 Å². The molecule has 4 rings (SSSR count). The van der Waals surface area contributed by atoms with Gasteiger partial charge in [-0.2, -0.15) is 0 Å². The zero-order valence-electron chi connectivity index (χ0n) is 17.5. The van der Waals surface area contributed by atoms with Crippen LogP contribution in [0.5, 0.6) is 0 Å². The number of nitrogens with zero attached hydrogens (tertiary/aromatic N) is 2. The lowest BCUT2D eigenvalue weighted by Gasteiger charge is -2.34. The molecule has 1 aliphatic heterocycles. The molecule has 4 N–H and O–H groups in total. The molecule has 0 unspecified atom stereocenters. The first kappa shape index (κ1) is 21.7. The maximum atomic E-state index is 13.5. The molecule has 1 aliphatic carbocycles. The maximum Gasteiger partial charge on any atom is 0.325 e. The number of ketones is 1. The van der Waals surface area contributed by atoms with E-state index in [4.69, 9.17) is 5.73 Å². The molecule has 2 aliphatic rings. The van der Waals surface area contributed by atoms with Crippen LogP contribution in [0.15, 0.2) is 36.4 Å². The fourth-order valence-corrected chi connectivity index (χ4v) is 3.98. The van der Waals surface area contributed by atoms with Gasteiger partial charge in [-0.25, -0.2) is 18.6 Å². The number of carbonyl (C=O) groups excluding carboxylic acids is 3. The average Bonchev–Trinajstić information content (AvgIpc) is 2.98. The van der Waals surface area contributed by atoms with Gasteiger partial charge >= 0.3 is 6.03 Å². The molecular weight excluding hydrogens is 420 g/mol. The average molecular weight is 443 g/mol. The number of rotatable bonds is 5. The number of urea groups is 1. The van der Waals surface area contributed by atoms with Crippen molar-refractivity contribution in [2.45, 2.75) is 44.1 Å². The summed E-state index contributed by atoms with van der Waals surface area (Å²) in [6.45, 7) is 1.38. The van der Waals surface area contributed by atoms with Gasteiger partial charge in [-0.1, -0.05) is 0 Å². The van der Waals surface area contributed by atoms with Crippen molar-refractivity contribution in [3.05, 3.63) is 47.7 Å². The topological polar surface area (TPSA) is 117 Å². The number of amides is 3. The molecule has 32 heavy (non-hydrogen) atoms. The van der Waals surface area contributed by atoms with Crippen LogP contribution < -0.4 is 16.4 Å². The maximum absolute atomic E-state index is 13.5. The molecule has 1 saturated carbocycles. The number of hydrogen-bond acceptors (Lipinski definition) is 6. The predicted octanol–water partition coefficient (Wildman–Crippen LogP) is 3.40. The number of alkyl halides is 2. The summed E-state index contributed by atoms with van der Waals surface area (Å²) in [5.74, 6) is -3.41. The Morgan fingerprint density at radius 1 is 1.12 bits per heavy atom. The minimum atomic E-state index is -2.84. The third-order valence-electron chi connectivity index (χ3n) is 5.92. The number of pyridine rings is 1. The van der Waals surface area contributed by atoms with Crippen molar-refractivity contribution in [2.24, 2.45) is 0 Å².